The fourth-order valence-electron chi connectivity index (χ4n) is 2.11. The van der Waals surface area contributed by atoms with E-state index in [0.29, 0.717) is 12.0 Å². The Morgan fingerprint density at radius 3 is 2.65 bits per heavy atom. The lowest BCUT2D eigenvalue weighted by molar-refractivity contribution is 0.597. The normalized spacial score (nSPS) is 10.2. The summed E-state index contributed by atoms with van der Waals surface area (Å²) < 4.78 is 13.4. The fraction of sp³-hybridized carbons (Fsp3) is 0.235. The summed E-state index contributed by atoms with van der Waals surface area (Å²) in [4.78, 5) is 0. The monoisotopic (exact) mass is 268 g/mol. The molecule has 0 amide bonds. The van der Waals surface area contributed by atoms with Crippen molar-refractivity contribution < 1.29 is 4.39 Å². The minimum Gasteiger partial charge on any atom is -0.312 e. The van der Waals surface area contributed by atoms with Crippen LogP contribution in [0.1, 0.15) is 22.3 Å². The average molecular weight is 268 g/mol. The number of benzene rings is 2. The first-order chi connectivity index (χ1) is 9.70. The molecule has 0 aliphatic rings. The van der Waals surface area contributed by atoms with Crippen molar-refractivity contribution in [3.8, 4) is 6.07 Å². The number of nitrogens with one attached hydrogen (secondary N) is 1. The van der Waals surface area contributed by atoms with Crippen LogP contribution in [0.4, 0.5) is 4.39 Å². The van der Waals surface area contributed by atoms with Crippen LogP contribution in [0.3, 0.4) is 0 Å². The second kappa shape index (κ2) is 6.83. The van der Waals surface area contributed by atoms with E-state index in [4.69, 9.17) is 5.26 Å². The van der Waals surface area contributed by atoms with Gasteiger partial charge in [0.1, 0.15) is 5.82 Å². The number of aryl methyl sites for hydroxylation is 1. The van der Waals surface area contributed by atoms with Gasteiger partial charge in [0.2, 0.25) is 0 Å². The third-order valence-electron chi connectivity index (χ3n) is 3.32. The first-order valence-electron chi connectivity index (χ1n) is 6.64. The number of nitriles is 1. The average Bonchev–Trinajstić information content (AvgIpc) is 2.46. The zero-order valence-corrected chi connectivity index (χ0v) is 11.5. The Balaban J connectivity index is 1.85. The SMILES string of the molecule is Cc1cc(C#N)ccc1CNCCc1ccccc1F. The highest BCUT2D eigenvalue weighted by molar-refractivity contribution is 5.37. The van der Waals surface area contributed by atoms with E-state index in [2.05, 4.69) is 11.4 Å². The molecule has 2 aromatic carbocycles. The van der Waals surface area contributed by atoms with E-state index in [1.54, 1.807) is 6.07 Å². The molecule has 0 spiro atoms. The largest absolute Gasteiger partial charge is 0.312 e. The predicted molar refractivity (Wildman–Crippen MR) is 77.7 cm³/mol. The molecule has 0 atom stereocenters. The molecule has 0 aromatic heterocycles. The van der Waals surface area contributed by atoms with Crippen molar-refractivity contribution >= 4 is 0 Å². The molecular weight excluding hydrogens is 251 g/mol. The summed E-state index contributed by atoms with van der Waals surface area (Å²) in [7, 11) is 0. The molecular formula is C17H17FN2. The van der Waals surface area contributed by atoms with Crippen LogP contribution in [0.15, 0.2) is 42.5 Å². The highest BCUT2D eigenvalue weighted by Crippen LogP contribution is 2.10. The van der Waals surface area contributed by atoms with Gasteiger partial charge in [0.25, 0.3) is 0 Å². The molecule has 102 valence electrons. The van der Waals surface area contributed by atoms with Gasteiger partial charge in [-0.1, -0.05) is 24.3 Å². The Bertz CT molecular complexity index is 629. The summed E-state index contributed by atoms with van der Waals surface area (Å²) in [6.07, 6.45) is 0.669. The van der Waals surface area contributed by atoms with Crippen LogP contribution in [-0.4, -0.2) is 6.54 Å². The number of hydrogen-bond acceptors (Lipinski definition) is 2. The van der Waals surface area contributed by atoms with Gasteiger partial charge in [0.15, 0.2) is 0 Å². The van der Waals surface area contributed by atoms with Crippen LogP contribution in [0.5, 0.6) is 0 Å². The molecule has 1 N–H and O–H groups in total. The van der Waals surface area contributed by atoms with E-state index < -0.39 is 0 Å². The molecule has 0 aliphatic heterocycles. The van der Waals surface area contributed by atoms with Crippen LogP contribution in [0, 0.1) is 24.1 Å². The van der Waals surface area contributed by atoms with E-state index in [-0.39, 0.29) is 5.82 Å². The summed E-state index contributed by atoms with van der Waals surface area (Å²) in [5.74, 6) is -0.149. The summed E-state index contributed by atoms with van der Waals surface area (Å²) in [5, 5.41) is 12.1. The zero-order valence-electron chi connectivity index (χ0n) is 11.5. The second-order valence-corrected chi connectivity index (χ2v) is 4.77. The van der Waals surface area contributed by atoms with Gasteiger partial charge in [0.05, 0.1) is 11.6 Å². The van der Waals surface area contributed by atoms with Crippen molar-refractivity contribution in [3.05, 3.63) is 70.5 Å². The van der Waals surface area contributed by atoms with E-state index >= 15 is 0 Å². The third kappa shape index (κ3) is 3.66. The molecule has 0 radical (unpaired) electrons. The second-order valence-electron chi connectivity index (χ2n) is 4.77. The van der Waals surface area contributed by atoms with Gasteiger partial charge in [-0.05, 0) is 54.8 Å². The maximum atomic E-state index is 13.4. The molecule has 0 saturated heterocycles. The molecule has 2 nitrogen and oxygen atoms in total. The van der Waals surface area contributed by atoms with Crippen molar-refractivity contribution in [1.29, 1.82) is 5.26 Å². The molecule has 0 aliphatic carbocycles. The summed E-state index contributed by atoms with van der Waals surface area (Å²) in [5.41, 5.74) is 3.68. The van der Waals surface area contributed by atoms with Crippen molar-refractivity contribution in [2.45, 2.75) is 19.9 Å². The quantitative estimate of drug-likeness (QED) is 0.844. The lowest BCUT2D eigenvalue weighted by Gasteiger charge is -2.08. The lowest BCUT2D eigenvalue weighted by Crippen LogP contribution is -2.17. The van der Waals surface area contributed by atoms with Gasteiger partial charge in [-0.2, -0.15) is 5.26 Å². The molecule has 2 rings (SSSR count). The summed E-state index contributed by atoms with van der Waals surface area (Å²) >= 11 is 0. The van der Waals surface area contributed by atoms with E-state index in [9.17, 15) is 4.39 Å². The molecule has 0 unspecified atom stereocenters. The molecule has 3 heteroatoms. The molecule has 20 heavy (non-hydrogen) atoms. The maximum absolute atomic E-state index is 13.4. The molecule has 0 fully saturated rings. The van der Waals surface area contributed by atoms with E-state index in [1.807, 2.05) is 37.3 Å². The highest BCUT2D eigenvalue weighted by Gasteiger charge is 2.02. The third-order valence-corrected chi connectivity index (χ3v) is 3.32. The molecule has 0 saturated carbocycles. The minimum atomic E-state index is -0.149. The van der Waals surface area contributed by atoms with Crippen LogP contribution in [0.25, 0.3) is 0 Å². The summed E-state index contributed by atoms with van der Waals surface area (Å²) in [6, 6.07) is 14.6. The Morgan fingerprint density at radius 2 is 1.95 bits per heavy atom. The van der Waals surface area contributed by atoms with Crippen molar-refractivity contribution in [2.75, 3.05) is 6.54 Å². The van der Waals surface area contributed by atoms with Gasteiger partial charge in [0, 0.05) is 6.54 Å². The Kier molecular flexibility index (Phi) is 4.86. The fourth-order valence-corrected chi connectivity index (χ4v) is 2.11. The van der Waals surface area contributed by atoms with Crippen molar-refractivity contribution in [3.63, 3.8) is 0 Å². The van der Waals surface area contributed by atoms with Gasteiger partial charge in [-0.3, -0.25) is 0 Å². The number of nitrogens with zero attached hydrogens (tertiary/aromatic N) is 1. The first-order valence-corrected chi connectivity index (χ1v) is 6.64. The lowest BCUT2D eigenvalue weighted by atomic mass is 10.1. The van der Waals surface area contributed by atoms with Crippen LogP contribution >= 0.6 is 0 Å². The van der Waals surface area contributed by atoms with Gasteiger partial charge >= 0.3 is 0 Å². The van der Waals surface area contributed by atoms with Gasteiger partial charge in [-0.15, -0.1) is 0 Å². The Morgan fingerprint density at radius 1 is 1.15 bits per heavy atom. The first kappa shape index (κ1) is 14.2. The highest BCUT2D eigenvalue weighted by atomic mass is 19.1. The van der Waals surface area contributed by atoms with Crippen molar-refractivity contribution in [1.82, 2.24) is 5.32 Å². The smallest absolute Gasteiger partial charge is 0.126 e. The van der Waals surface area contributed by atoms with E-state index in [0.717, 1.165) is 29.8 Å². The number of hydrogen-bond donors (Lipinski definition) is 1. The van der Waals surface area contributed by atoms with Crippen LogP contribution < -0.4 is 5.32 Å². The summed E-state index contributed by atoms with van der Waals surface area (Å²) in [6.45, 7) is 3.45. The maximum Gasteiger partial charge on any atom is 0.126 e. The zero-order chi connectivity index (χ0) is 14.4. The molecule has 2 aromatic rings. The Hall–Kier alpha value is -2.18. The standard InChI is InChI=1S/C17H17FN2/c1-13-10-14(11-19)6-7-16(13)12-20-9-8-15-4-2-3-5-17(15)18/h2-7,10,20H,8-9,12H2,1H3. The molecule has 0 bridgehead atoms. The van der Waals surface area contributed by atoms with Crippen molar-refractivity contribution in [2.24, 2.45) is 0 Å². The van der Waals surface area contributed by atoms with Gasteiger partial charge < -0.3 is 5.32 Å². The topological polar surface area (TPSA) is 35.8 Å². The number of halogens is 1. The van der Waals surface area contributed by atoms with Gasteiger partial charge in [-0.25, -0.2) is 4.39 Å². The van der Waals surface area contributed by atoms with Crippen LogP contribution in [0.2, 0.25) is 0 Å². The van der Waals surface area contributed by atoms with Crippen LogP contribution in [-0.2, 0) is 13.0 Å². The predicted octanol–water partition coefficient (Wildman–Crippen LogP) is 3.34. The minimum absolute atomic E-state index is 0.149. The Labute approximate surface area is 118 Å². The molecule has 0 heterocycles. The number of rotatable bonds is 5. The van der Waals surface area contributed by atoms with E-state index in [1.165, 1.54) is 6.07 Å².